The summed E-state index contributed by atoms with van der Waals surface area (Å²) in [5.74, 6) is 0.0714. The van der Waals surface area contributed by atoms with E-state index in [4.69, 9.17) is 9.26 Å². The van der Waals surface area contributed by atoms with E-state index in [0.717, 1.165) is 18.4 Å². The first-order chi connectivity index (χ1) is 13.7. The lowest BCUT2D eigenvalue weighted by Crippen LogP contribution is -2.33. The highest BCUT2D eigenvalue weighted by Crippen LogP contribution is 2.24. The summed E-state index contributed by atoms with van der Waals surface area (Å²) in [5, 5.41) is 10.7. The summed E-state index contributed by atoms with van der Waals surface area (Å²) >= 11 is 1.54. The number of thiophene rings is 1. The first kappa shape index (κ1) is 18.4. The fourth-order valence-corrected chi connectivity index (χ4v) is 3.30. The standard InChI is InChI=1S/C20H19N3O4S/c24-17(9-8-16-22-19(23-27-16)14-10-11-28-12-14)26-18(13-4-2-1-3-5-13)20(25)21-15-6-7-15/h1-5,10-12,15,18H,6-9H2,(H,21,25). The predicted molar refractivity (Wildman–Crippen MR) is 102 cm³/mol. The van der Waals surface area contributed by atoms with Gasteiger partial charge >= 0.3 is 5.97 Å². The summed E-state index contributed by atoms with van der Waals surface area (Å²) in [6.07, 6.45) is 1.27. The van der Waals surface area contributed by atoms with E-state index < -0.39 is 12.1 Å². The first-order valence-corrected chi connectivity index (χ1v) is 10.0. The first-order valence-electron chi connectivity index (χ1n) is 9.09. The van der Waals surface area contributed by atoms with Gasteiger partial charge in [-0.3, -0.25) is 9.59 Å². The highest BCUT2D eigenvalue weighted by atomic mass is 32.1. The Morgan fingerprint density at radius 3 is 2.79 bits per heavy atom. The number of esters is 1. The van der Waals surface area contributed by atoms with E-state index in [9.17, 15) is 9.59 Å². The van der Waals surface area contributed by atoms with Gasteiger partial charge in [0.1, 0.15) is 0 Å². The van der Waals surface area contributed by atoms with Crippen LogP contribution in [0, 0.1) is 0 Å². The second-order valence-corrected chi connectivity index (χ2v) is 7.37. The molecule has 1 amide bonds. The van der Waals surface area contributed by atoms with Gasteiger partial charge < -0.3 is 14.6 Å². The molecule has 1 N–H and O–H groups in total. The second kappa shape index (κ2) is 8.35. The van der Waals surface area contributed by atoms with Crippen molar-refractivity contribution < 1.29 is 18.8 Å². The Bertz CT molecular complexity index is 936. The average Bonchev–Trinajstić information content (AvgIpc) is 3.18. The molecule has 1 aromatic carbocycles. The van der Waals surface area contributed by atoms with Gasteiger partial charge in [-0.1, -0.05) is 35.5 Å². The van der Waals surface area contributed by atoms with Crippen LogP contribution in [0.25, 0.3) is 11.4 Å². The fraction of sp³-hybridized carbons (Fsp3) is 0.300. The summed E-state index contributed by atoms with van der Waals surface area (Å²) in [5.41, 5.74) is 1.52. The van der Waals surface area contributed by atoms with Gasteiger partial charge in [0.2, 0.25) is 17.8 Å². The van der Waals surface area contributed by atoms with Crippen LogP contribution in [0.5, 0.6) is 0 Å². The van der Waals surface area contributed by atoms with Crippen molar-refractivity contribution in [2.75, 3.05) is 0 Å². The third-order valence-electron chi connectivity index (χ3n) is 4.30. The van der Waals surface area contributed by atoms with Crippen LogP contribution in [0.15, 0.2) is 51.7 Å². The van der Waals surface area contributed by atoms with Crippen LogP contribution in [0.2, 0.25) is 0 Å². The lowest BCUT2D eigenvalue weighted by Gasteiger charge is -2.17. The number of rotatable bonds is 8. The smallest absolute Gasteiger partial charge is 0.307 e. The molecule has 1 unspecified atom stereocenters. The number of hydrogen-bond acceptors (Lipinski definition) is 7. The number of aryl methyl sites for hydroxylation is 1. The minimum absolute atomic E-state index is 0.0469. The molecule has 2 aromatic heterocycles. The van der Waals surface area contributed by atoms with Crippen molar-refractivity contribution in [2.45, 2.75) is 37.8 Å². The van der Waals surface area contributed by atoms with Crippen LogP contribution in [-0.4, -0.2) is 28.1 Å². The number of hydrogen-bond donors (Lipinski definition) is 1. The van der Waals surface area contributed by atoms with Crippen molar-refractivity contribution in [1.82, 2.24) is 15.5 Å². The molecule has 0 aliphatic heterocycles. The highest BCUT2D eigenvalue weighted by molar-refractivity contribution is 7.08. The van der Waals surface area contributed by atoms with E-state index in [-0.39, 0.29) is 24.8 Å². The van der Waals surface area contributed by atoms with Crippen molar-refractivity contribution in [3.05, 3.63) is 58.6 Å². The molecule has 7 nitrogen and oxygen atoms in total. The van der Waals surface area contributed by atoms with E-state index in [1.807, 2.05) is 35.0 Å². The zero-order valence-corrected chi connectivity index (χ0v) is 15.9. The van der Waals surface area contributed by atoms with Crippen molar-refractivity contribution in [3.8, 4) is 11.4 Å². The van der Waals surface area contributed by atoms with E-state index in [0.29, 0.717) is 17.3 Å². The molecule has 1 aliphatic rings. The number of nitrogens with one attached hydrogen (secondary N) is 1. The Hall–Kier alpha value is -3.00. The molecule has 0 radical (unpaired) electrons. The number of benzene rings is 1. The molecule has 0 bridgehead atoms. The van der Waals surface area contributed by atoms with Gasteiger partial charge in [-0.15, -0.1) is 0 Å². The Morgan fingerprint density at radius 2 is 2.07 bits per heavy atom. The van der Waals surface area contributed by atoms with Crippen LogP contribution in [0.1, 0.15) is 36.8 Å². The van der Waals surface area contributed by atoms with Crippen molar-refractivity contribution in [2.24, 2.45) is 0 Å². The maximum Gasteiger partial charge on any atom is 0.307 e. The molecule has 1 fully saturated rings. The van der Waals surface area contributed by atoms with Gasteiger partial charge in [-0.2, -0.15) is 16.3 Å². The number of ether oxygens (including phenoxy) is 1. The molecule has 8 heteroatoms. The van der Waals surface area contributed by atoms with Gasteiger partial charge in [0.25, 0.3) is 5.91 Å². The van der Waals surface area contributed by atoms with Crippen LogP contribution < -0.4 is 5.32 Å². The van der Waals surface area contributed by atoms with Gasteiger partial charge in [-0.05, 0) is 24.3 Å². The number of aromatic nitrogens is 2. The van der Waals surface area contributed by atoms with Crippen LogP contribution in [-0.2, 0) is 20.7 Å². The lowest BCUT2D eigenvalue weighted by atomic mass is 10.1. The van der Waals surface area contributed by atoms with Crippen LogP contribution in [0.4, 0.5) is 0 Å². The Labute approximate surface area is 165 Å². The maximum absolute atomic E-state index is 12.5. The topological polar surface area (TPSA) is 94.3 Å². The van der Waals surface area contributed by atoms with Crippen LogP contribution >= 0.6 is 11.3 Å². The molecule has 0 spiro atoms. The Morgan fingerprint density at radius 1 is 1.25 bits per heavy atom. The zero-order valence-electron chi connectivity index (χ0n) is 15.0. The van der Waals surface area contributed by atoms with Gasteiger partial charge in [0.05, 0.1) is 6.42 Å². The summed E-state index contributed by atoms with van der Waals surface area (Å²) < 4.78 is 10.7. The minimum Gasteiger partial charge on any atom is -0.447 e. The molecule has 0 saturated heterocycles. The number of carbonyl (C=O) groups is 2. The Kier molecular flexibility index (Phi) is 5.48. The number of amides is 1. The molecule has 2 heterocycles. The molecule has 1 aliphatic carbocycles. The average molecular weight is 397 g/mol. The monoisotopic (exact) mass is 397 g/mol. The van der Waals surface area contributed by atoms with Crippen molar-refractivity contribution >= 4 is 23.2 Å². The number of carbonyl (C=O) groups excluding carboxylic acids is 2. The van der Waals surface area contributed by atoms with Crippen LogP contribution in [0.3, 0.4) is 0 Å². The third kappa shape index (κ3) is 4.64. The summed E-state index contributed by atoms with van der Waals surface area (Å²) in [6.45, 7) is 0. The molecule has 1 atom stereocenters. The molecule has 1 saturated carbocycles. The molecular formula is C20H19N3O4S. The Balaban J connectivity index is 1.36. The molecule has 144 valence electrons. The van der Waals surface area contributed by atoms with Gasteiger partial charge in [-0.25, -0.2) is 0 Å². The van der Waals surface area contributed by atoms with Gasteiger partial charge in [0.15, 0.2) is 0 Å². The summed E-state index contributed by atoms with van der Waals surface area (Å²) in [6, 6.07) is 11.1. The van der Waals surface area contributed by atoms with Crippen molar-refractivity contribution in [1.29, 1.82) is 0 Å². The third-order valence-corrected chi connectivity index (χ3v) is 4.99. The fourth-order valence-electron chi connectivity index (χ4n) is 2.67. The number of nitrogens with zero attached hydrogens (tertiary/aromatic N) is 2. The molecular weight excluding hydrogens is 378 g/mol. The maximum atomic E-state index is 12.5. The highest BCUT2D eigenvalue weighted by Gasteiger charge is 2.30. The van der Waals surface area contributed by atoms with E-state index in [1.54, 1.807) is 23.5 Å². The van der Waals surface area contributed by atoms with E-state index in [1.165, 1.54) is 0 Å². The quantitative estimate of drug-likeness (QED) is 0.586. The summed E-state index contributed by atoms with van der Waals surface area (Å²) in [7, 11) is 0. The SMILES string of the molecule is O=C(CCc1nc(-c2ccsc2)no1)OC(C(=O)NC1CC1)c1ccccc1. The molecule has 3 aromatic rings. The van der Waals surface area contributed by atoms with Gasteiger partial charge in [0, 0.05) is 29.0 Å². The minimum atomic E-state index is -0.960. The normalized spacial score (nSPS) is 14.4. The van der Waals surface area contributed by atoms with Crippen molar-refractivity contribution in [3.63, 3.8) is 0 Å². The van der Waals surface area contributed by atoms with E-state index in [2.05, 4.69) is 15.5 Å². The molecule has 4 rings (SSSR count). The zero-order chi connectivity index (χ0) is 19.3. The lowest BCUT2D eigenvalue weighted by molar-refractivity contribution is -0.156. The largest absolute Gasteiger partial charge is 0.447 e. The summed E-state index contributed by atoms with van der Waals surface area (Å²) in [4.78, 5) is 29.1. The molecule has 28 heavy (non-hydrogen) atoms. The predicted octanol–water partition coefficient (Wildman–Crippen LogP) is 3.29. The van der Waals surface area contributed by atoms with E-state index >= 15 is 0 Å². The second-order valence-electron chi connectivity index (χ2n) is 6.59.